The van der Waals surface area contributed by atoms with Crippen molar-refractivity contribution in [3.05, 3.63) is 83.9 Å². The number of nitriles is 1. The lowest BCUT2D eigenvalue weighted by atomic mass is 10.0. The minimum atomic E-state index is -0.477. The molecule has 146 valence electrons. The van der Waals surface area contributed by atoms with Crippen molar-refractivity contribution in [1.29, 1.82) is 5.26 Å². The number of rotatable bonds is 8. The van der Waals surface area contributed by atoms with Gasteiger partial charge < -0.3 is 9.47 Å². The molecule has 0 amide bonds. The van der Waals surface area contributed by atoms with Crippen molar-refractivity contribution >= 4 is 5.97 Å². The van der Waals surface area contributed by atoms with Gasteiger partial charge in [-0.2, -0.15) is 5.26 Å². The Morgan fingerprint density at radius 2 is 1.72 bits per heavy atom. The van der Waals surface area contributed by atoms with Crippen LogP contribution in [0.25, 0.3) is 11.1 Å². The Labute approximate surface area is 171 Å². The van der Waals surface area contributed by atoms with E-state index < -0.39 is 5.97 Å². The van der Waals surface area contributed by atoms with Gasteiger partial charge in [0.15, 0.2) is 0 Å². The van der Waals surface area contributed by atoms with E-state index in [0.29, 0.717) is 23.5 Å². The smallest absolute Gasteiger partial charge is 0.343 e. The molecule has 0 heterocycles. The first-order valence-corrected chi connectivity index (χ1v) is 9.76. The van der Waals surface area contributed by atoms with E-state index in [9.17, 15) is 10.1 Å². The summed E-state index contributed by atoms with van der Waals surface area (Å²) in [4.78, 5) is 12.7. The average Bonchev–Trinajstić information content (AvgIpc) is 2.77. The van der Waals surface area contributed by atoms with Gasteiger partial charge in [0.05, 0.1) is 23.8 Å². The normalized spacial score (nSPS) is 10.2. The van der Waals surface area contributed by atoms with Crippen molar-refractivity contribution in [1.82, 2.24) is 0 Å². The molecule has 0 aromatic heterocycles. The van der Waals surface area contributed by atoms with Gasteiger partial charge in [-0.25, -0.2) is 4.79 Å². The van der Waals surface area contributed by atoms with E-state index in [0.717, 1.165) is 36.1 Å². The summed E-state index contributed by atoms with van der Waals surface area (Å²) in [5.41, 5.74) is 2.53. The van der Waals surface area contributed by atoms with Crippen LogP contribution in [0.2, 0.25) is 0 Å². The van der Waals surface area contributed by atoms with Crippen LogP contribution < -0.4 is 9.47 Å². The summed E-state index contributed by atoms with van der Waals surface area (Å²) in [5.74, 6) is 0.615. The Morgan fingerprint density at radius 3 is 2.41 bits per heavy atom. The van der Waals surface area contributed by atoms with Crippen molar-refractivity contribution in [2.45, 2.75) is 26.2 Å². The molecular formula is C25H23NO3. The standard InChI is InChI=1S/C25H23NO3/c1-2-3-7-16-28-22-13-11-21(12-14-22)25(27)29-24-17-19(18-26)10-15-23(24)20-8-5-4-6-9-20/h4-6,8-15,17H,2-3,7,16H2,1H3. The van der Waals surface area contributed by atoms with Crippen molar-refractivity contribution in [2.24, 2.45) is 0 Å². The number of unbranched alkanes of at least 4 members (excludes halogenated alkanes) is 2. The first-order valence-electron chi connectivity index (χ1n) is 9.76. The van der Waals surface area contributed by atoms with Gasteiger partial charge in [-0.3, -0.25) is 0 Å². The predicted molar refractivity (Wildman–Crippen MR) is 113 cm³/mol. The van der Waals surface area contributed by atoms with Crippen molar-refractivity contribution in [2.75, 3.05) is 6.61 Å². The fourth-order valence-electron chi connectivity index (χ4n) is 2.92. The van der Waals surface area contributed by atoms with Gasteiger partial charge in [0.2, 0.25) is 0 Å². The van der Waals surface area contributed by atoms with E-state index in [1.165, 1.54) is 0 Å². The zero-order chi connectivity index (χ0) is 20.5. The second-order valence-electron chi connectivity index (χ2n) is 6.66. The molecule has 3 aromatic carbocycles. The Hall–Kier alpha value is -3.58. The van der Waals surface area contributed by atoms with Crippen LogP contribution in [0.5, 0.6) is 11.5 Å². The van der Waals surface area contributed by atoms with E-state index in [-0.39, 0.29) is 0 Å². The molecule has 0 aliphatic carbocycles. The highest BCUT2D eigenvalue weighted by atomic mass is 16.5. The molecule has 0 atom stereocenters. The number of carbonyl (C=O) groups is 1. The van der Waals surface area contributed by atoms with Crippen LogP contribution in [0, 0.1) is 11.3 Å². The SMILES string of the molecule is CCCCCOc1ccc(C(=O)Oc2cc(C#N)ccc2-c2ccccc2)cc1. The molecule has 0 saturated carbocycles. The Morgan fingerprint density at radius 1 is 0.966 bits per heavy atom. The van der Waals surface area contributed by atoms with Gasteiger partial charge in [-0.15, -0.1) is 0 Å². The zero-order valence-corrected chi connectivity index (χ0v) is 16.4. The molecule has 29 heavy (non-hydrogen) atoms. The maximum Gasteiger partial charge on any atom is 0.343 e. The highest BCUT2D eigenvalue weighted by molar-refractivity contribution is 5.92. The van der Waals surface area contributed by atoms with E-state index in [4.69, 9.17) is 9.47 Å². The van der Waals surface area contributed by atoms with E-state index in [2.05, 4.69) is 13.0 Å². The topological polar surface area (TPSA) is 59.3 Å². The van der Waals surface area contributed by atoms with Crippen molar-refractivity contribution in [3.8, 4) is 28.7 Å². The summed E-state index contributed by atoms with van der Waals surface area (Å²) in [6.45, 7) is 2.81. The van der Waals surface area contributed by atoms with Crippen molar-refractivity contribution < 1.29 is 14.3 Å². The van der Waals surface area contributed by atoms with Crippen LogP contribution in [0.4, 0.5) is 0 Å². The average molecular weight is 385 g/mol. The van der Waals surface area contributed by atoms with Crippen LogP contribution in [0.15, 0.2) is 72.8 Å². The van der Waals surface area contributed by atoms with Gasteiger partial charge in [-0.1, -0.05) is 50.1 Å². The predicted octanol–water partition coefficient (Wildman–Crippen LogP) is 6.01. The molecule has 4 heteroatoms. The minimum absolute atomic E-state index is 0.361. The highest BCUT2D eigenvalue weighted by Crippen LogP contribution is 2.31. The summed E-state index contributed by atoms with van der Waals surface area (Å²) in [6, 6.07) is 23.7. The molecule has 0 unspecified atom stereocenters. The van der Waals surface area contributed by atoms with Gasteiger partial charge in [0.1, 0.15) is 11.5 Å². The quantitative estimate of drug-likeness (QED) is 0.270. The lowest BCUT2D eigenvalue weighted by Gasteiger charge is -2.11. The van der Waals surface area contributed by atoms with Gasteiger partial charge in [0.25, 0.3) is 0 Å². The molecule has 0 radical (unpaired) electrons. The molecule has 0 aliphatic heterocycles. The number of ether oxygens (including phenoxy) is 2. The number of hydrogen-bond donors (Lipinski definition) is 0. The largest absolute Gasteiger partial charge is 0.494 e. The number of benzene rings is 3. The second-order valence-corrected chi connectivity index (χ2v) is 6.66. The maximum atomic E-state index is 12.7. The molecule has 3 rings (SSSR count). The van der Waals surface area contributed by atoms with Gasteiger partial charge in [0, 0.05) is 5.56 Å². The Bertz CT molecular complexity index is 989. The summed E-state index contributed by atoms with van der Waals surface area (Å²) in [5, 5.41) is 9.21. The Kier molecular flexibility index (Phi) is 7.02. The molecule has 3 aromatic rings. The van der Waals surface area contributed by atoms with Crippen LogP contribution in [0.1, 0.15) is 42.1 Å². The number of nitrogens with zero attached hydrogens (tertiary/aromatic N) is 1. The third-order valence-corrected chi connectivity index (χ3v) is 4.50. The lowest BCUT2D eigenvalue weighted by Crippen LogP contribution is -2.09. The van der Waals surface area contributed by atoms with Crippen LogP contribution in [0.3, 0.4) is 0 Å². The number of esters is 1. The highest BCUT2D eigenvalue weighted by Gasteiger charge is 2.14. The number of carbonyl (C=O) groups excluding carboxylic acids is 1. The van der Waals surface area contributed by atoms with Gasteiger partial charge in [-0.05, 0) is 54.4 Å². The monoisotopic (exact) mass is 385 g/mol. The van der Waals surface area contributed by atoms with E-state index >= 15 is 0 Å². The zero-order valence-electron chi connectivity index (χ0n) is 16.4. The molecule has 0 aliphatic rings. The minimum Gasteiger partial charge on any atom is -0.494 e. The first kappa shape index (κ1) is 20.2. The molecule has 0 bridgehead atoms. The fraction of sp³-hybridized carbons (Fsp3) is 0.200. The molecule has 0 spiro atoms. The molecular weight excluding hydrogens is 362 g/mol. The fourth-order valence-corrected chi connectivity index (χ4v) is 2.92. The summed E-state index contributed by atoms with van der Waals surface area (Å²) >= 11 is 0. The molecule has 0 fully saturated rings. The number of hydrogen-bond acceptors (Lipinski definition) is 4. The maximum absolute atomic E-state index is 12.7. The van der Waals surface area contributed by atoms with Gasteiger partial charge >= 0.3 is 5.97 Å². The third kappa shape index (κ3) is 5.46. The molecule has 0 saturated heterocycles. The summed E-state index contributed by atoms with van der Waals surface area (Å²) in [7, 11) is 0. The Balaban J connectivity index is 1.75. The second kappa shape index (κ2) is 10.1. The third-order valence-electron chi connectivity index (χ3n) is 4.50. The summed E-state index contributed by atoms with van der Waals surface area (Å²) < 4.78 is 11.3. The lowest BCUT2D eigenvalue weighted by molar-refractivity contribution is 0.0735. The molecule has 0 N–H and O–H groups in total. The van der Waals surface area contributed by atoms with Crippen LogP contribution in [-0.4, -0.2) is 12.6 Å². The van der Waals surface area contributed by atoms with Crippen molar-refractivity contribution in [3.63, 3.8) is 0 Å². The molecule has 4 nitrogen and oxygen atoms in total. The first-order chi connectivity index (χ1) is 14.2. The van der Waals surface area contributed by atoms with E-state index in [1.54, 1.807) is 42.5 Å². The van der Waals surface area contributed by atoms with E-state index in [1.807, 2.05) is 30.3 Å². The summed E-state index contributed by atoms with van der Waals surface area (Å²) in [6.07, 6.45) is 3.29. The van der Waals surface area contributed by atoms with Crippen LogP contribution in [-0.2, 0) is 0 Å². The van der Waals surface area contributed by atoms with Crippen LogP contribution >= 0.6 is 0 Å².